The Balaban J connectivity index is 1.32. The monoisotopic (exact) mass is 392 g/mol. The van der Waals surface area contributed by atoms with Gasteiger partial charge in [0.2, 0.25) is 5.91 Å². The van der Waals surface area contributed by atoms with Gasteiger partial charge in [-0.25, -0.2) is 0 Å². The number of carbonyl (C=O) groups is 4. The third kappa shape index (κ3) is 3.51. The van der Waals surface area contributed by atoms with Gasteiger partial charge in [0.05, 0.1) is 23.6 Å². The second-order valence-corrected chi connectivity index (χ2v) is 7.22. The van der Waals surface area contributed by atoms with Crippen molar-refractivity contribution >= 4 is 29.4 Å². The molecule has 0 saturated carbocycles. The summed E-state index contributed by atoms with van der Waals surface area (Å²) in [6.45, 7) is 2.11. The molecule has 2 aromatic rings. The first-order valence-corrected chi connectivity index (χ1v) is 9.44. The summed E-state index contributed by atoms with van der Waals surface area (Å²) in [4.78, 5) is 52.0. The second-order valence-electron chi connectivity index (χ2n) is 7.22. The lowest BCUT2D eigenvalue weighted by Crippen LogP contribution is -2.34. The van der Waals surface area contributed by atoms with Gasteiger partial charge < -0.3 is 9.64 Å². The van der Waals surface area contributed by atoms with E-state index in [0.717, 1.165) is 16.2 Å². The minimum Gasteiger partial charge on any atom is -0.464 e. The molecule has 148 valence electrons. The number of ether oxygens (including phenoxy) is 1. The summed E-state index contributed by atoms with van der Waals surface area (Å²) in [6, 6.07) is 14.1. The van der Waals surface area contributed by atoms with E-state index in [4.69, 9.17) is 4.74 Å². The summed E-state index contributed by atoms with van der Waals surface area (Å²) >= 11 is 0. The van der Waals surface area contributed by atoms with Crippen LogP contribution in [-0.2, 0) is 14.3 Å². The van der Waals surface area contributed by atoms with Crippen LogP contribution in [0.3, 0.4) is 0 Å². The van der Waals surface area contributed by atoms with E-state index in [1.807, 2.05) is 31.2 Å². The fourth-order valence-electron chi connectivity index (χ4n) is 3.64. The molecule has 2 aliphatic heterocycles. The van der Waals surface area contributed by atoms with Gasteiger partial charge in [-0.05, 0) is 31.2 Å². The van der Waals surface area contributed by atoms with Gasteiger partial charge in [0.1, 0.15) is 6.61 Å². The van der Waals surface area contributed by atoms with Crippen LogP contribution < -0.4 is 4.90 Å². The number of anilines is 1. The van der Waals surface area contributed by atoms with Crippen molar-refractivity contribution in [2.24, 2.45) is 5.92 Å². The standard InChI is InChI=1S/C22H20N2O5/c1-14-6-8-16(9-7-14)24-13-15(12-19(24)25)22(28)29-11-10-23-20(26)17-4-2-3-5-18(17)21(23)27/h2-9,15H,10-13H2,1H3. The molecule has 0 radical (unpaired) electrons. The number of nitrogens with zero attached hydrogens (tertiary/aromatic N) is 2. The predicted molar refractivity (Wildman–Crippen MR) is 104 cm³/mol. The second kappa shape index (κ2) is 7.50. The Morgan fingerprint density at radius 3 is 2.24 bits per heavy atom. The summed E-state index contributed by atoms with van der Waals surface area (Å²) < 4.78 is 5.27. The zero-order chi connectivity index (χ0) is 20.5. The van der Waals surface area contributed by atoms with Crippen LogP contribution in [0.1, 0.15) is 32.7 Å². The van der Waals surface area contributed by atoms with Crippen molar-refractivity contribution < 1.29 is 23.9 Å². The number of fused-ring (bicyclic) bond motifs is 1. The highest BCUT2D eigenvalue weighted by Crippen LogP contribution is 2.26. The van der Waals surface area contributed by atoms with Crippen molar-refractivity contribution in [1.82, 2.24) is 4.90 Å². The maximum Gasteiger partial charge on any atom is 0.311 e. The molecule has 4 rings (SSSR count). The van der Waals surface area contributed by atoms with Crippen LogP contribution in [-0.4, -0.2) is 48.3 Å². The molecule has 1 saturated heterocycles. The van der Waals surface area contributed by atoms with E-state index in [0.29, 0.717) is 11.1 Å². The SMILES string of the molecule is Cc1ccc(N2CC(C(=O)OCCN3C(=O)c4ccccc4C3=O)CC2=O)cc1. The van der Waals surface area contributed by atoms with Crippen molar-refractivity contribution in [3.05, 3.63) is 65.2 Å². The maximum absolute atomic E-state index is 12.4. The highest BCUT2D eigenvalue weighted by molar-refractivity contribution is 6.21. The van der Waals surface area contributed by atoms with Crippen molar-refractivity contribution in [2.45, 2.75) is 13.3 Å². The van der Waals surface area contributed by atoms with E-state index < -0.39 is 11.9 Å². The first-order chi connectivity index (χ1) is 14.0. The molecule has 1 atom stereocenters. The molecule has 0 aromatic heterocycles. The quantitative estimate of drug-likeness (QED) is 0.575. The first-order valence-electron chi connectivity index (χ1n) is 9.44. The maximum atomic E-state index is 12.4. The summed E-state index contributed by atoms with van der Waals surface area (Å²) in [6.07, 6.45) is 0.0831. The lowest BCUT2D eigenvalue weighted by molar-refractivity contribution is -0.148. The third-order valence-electron chi connectivity index (χ3n) is 5.24. The fraction of sp³-hybridized carbons (Fsp3) is 0.273. The molecule has 2 aromatic carbocycles. The van der Waals surface area contributed by atoms with Crippen LogP contribution in [0.2, 0.25) is 0 Å². The molecule has 0 bridgehead atoms. The molecule has 2 heterocycles. The van der Waals surface area contributed by atoms with Crippen LogP contribution in [0.25, 0.3) is 0 Å². The Bertz CT molecular complexity index is 964. The molecule has 29 heavy (non-hydrogen) atoms. The van der Waals surface area contributed by atoms with Crippen LogP contribution >= 0.6 is 0 Å². The van der Waals surface area contributed by atoms with Gasteiger partial charge in [0.15, 0.2) is 0 Å². The normalized spacial score (nSPS) is 18.4. The lowest BCUT2D eigenvalue weighted by atomic mass is 10.1. The number of benzene rings is 2. The number of aryl methyl sites for hydroxylation is 1. The molecular formula is C22H20N2O5. The molecule has 7 heteroatoms. The molecule has 0 aliphatic carbocycles. The van der Waals surface area contributed by atoms with Gasteiger partial charge in [0, 0.05) is 18.7 Å². The Kier molecular flexibility index (Phi) is 4.88. The Morgan fingerprint density at radius 1 is 1.00 bits per heavy atom. The molecule has 0 N–H and O–H groups in total. The first kappa shape index (κ1) is 18.9. The number of imide groups is 1. The largest absolute Gasteiger partial charge is 0.464 e. The fourth-order valence-corrected chi connectivity index (χ4v) is 3.64. The molecule has 1 unspecified atom stereocenters. The zero-order valence-electron chi connectivity index (χ0n) is 16.0. The smallest absolute Gasteiger partial charge is 0.311 e. The summed E-state index contributed by atoms with van der Waals surface area (Å²) in [5.74, 6) is -1.96. The summed E-state index contributed by atoms with van der Waals surface area (Å²) in [7, 11) is 0. The van der Waals surface area contributed by atoms with E-state index >= 15 is 0 Å². The Morgan fingerprint density at radius 2 is 1.62 bits per heavy atom. The number of carbonyl (C=O) groups excluding carboxylic acids is 4. The van der Waals surface area contributed by atoms with E-state index in [1.54, 1.807) is 29.2 Å². The number of rotatable bonds is 5. The molecule has 2 aliphatic rings. The van der Waals surface area contributed by atoms with E-state index in [9.17, 15) is 19.2 Å². The topological polar surface area (TPSA) is 84.0 Å². The van der Waals surface area contributed by atoms with Gasteiger partial charge in [-0.15, -0.1) is 0 Å². The van der Waals surface area contributed by atoms with Crippen LogP contribution in [0.5, 0.6) is 0 Å². The van der Waals surface area contributed by atoms with Crippen molar-refractivity contribution in [2.75, 3.05) is 24.6 Å². The highest BCUT2D eigenvalue weighted by atomic mass is 16.5. The minimum absolute atomic E-state index is 0.0135. The lowest BCUT2D eigenvalue weighted by Gasteiger charge is -2.17. The molecule has 1 fully saturated rings. The van der Waals surface area contributed by atoms with Crippen LogP contribution in [0, 0.1) is 12.8 Å². The molecular weight excluding hydrogens is 372 g/mol. The Hall–Kier alpha value is -3.48. The molecule has 0 spiro atoms. The van der Waals surface area contributed by atoms with Crippen LogP contribution in [0.4, 0.5) is 5.69 Å². The number of hydrogen-bond acceptors (Lipinski definition) is 5. The average Bonchev–Trinajstić information content (AvgIpc) is 3.22. The van der Waals surface area contributed by atoms with Crippen molar-refractivity contribution in [1.29, 1.82) is 0 Å². The minimum atomic E-state index is -0.564. The number of esters is 1. The van der Waals surface area contributed by atoms with E-state index in [-0.39, 0.29) is 43.8 Å². The van der Waals surface area contributed by atoms with Gasteiger partial charge in [-0.2, -0.15) is 0 Å². The predicted octanol–water partition coefficient (Wildman–Crippen LogP) is 2.19. The average molecular weight is 392 g/mol. The van der Waals surface area contributed by atoms with Gasteiger partial charge >= 0.3 is 5.97 Å². The summed E-state index contributed by atoms with van der Waals surface area (Å²) in [5.41, 5.74) is 2.56. The van der Waals surface area contributed by atoms with Gasteiger partial charge in [-0.1, -0.05) is 29.8 Å². The van der Waals surface area contributed by atoms with Gasteiger partial charge in [0.25, 0.3) is 11.8 Å². The van der Waals surface area contributed by atoms with Crippen molar-refractivity contribution in [3.63, 3.8) is 0 Å². The zero-order valence-corrected chi connectivity index (χ0v) is 16.0. The van der Waals surface area contributed by atoms with E-state index in [2.05, 4.69) is 0 Å². The van der Waals surface area contributed by atoms with Crippen LogP contribution in [0.15, 0.2) is 48.5 Å². The summed E-state index contributed by atoms with van der Waals surface area (Å²) in [5, 5.41) is 0. The van der Waals surface area contributed by atoms with Crippen molar-refractivity contribution in [3.8, 4) is 0 Å². The highest BCUT2D eigenvalue weighted by Gasteiger charge is 2.37. The Labute approximate surface area is 167 Å². The number of hydrogen-bond donors (Lipinski definition) is 0. The molecule has 3 amide bonds. The van der Waals surface area contributed by atoms with Gasteiger partial charge in [-0.3, -0.25) is 24.1 Å². The molecule has 7 nitrogen and oxygen atoms in total. The number of amides is 3. The third-order valence-corrected chi connectivity index (χ3v) is 5.24. The van der Waals surface area contributed by atoms with E-state index in [1.165, 1.54) is 0 Å².